The predicted molar refractivity (Wildman–Crippen MR) is 79.0 cm³/mol. The Morgan fingerprint density at radius 3 is 2.43 bits per heavy atom. The summed E-state index contributed by atoms with van der Waals surface area (Å²) in [5.41, 5.74) is 1.40. The lowest BCUT2D eigenvalue weighted by Gasteiger charge is -2.10. The van der Waals surface area contributed by atoms with Crippen molar-refractivity contribution in [2.75, 3.05) is 0 Å². The van der Waals surface area contributed by atoms with Gasteiger partial charge in [-0.3, -0.25) is 10.1 Å². The van der Waals surface area contributed by atoms with E-state index < -0.39 is 10.9 Å². The Kier molecular flexibility index (Phi) is 4.13. The van der Waals surface area contributed by atoms with Crippen LogP contribution >= 0.6 is 0 Å². The standard InChI is InChI=1S/C16H13NO4/c1-11(2)16(18)21-15-9-8-13(17(19)20)10-14(15)12-6-4-3-5-7-12/h3-10H,1H2,2H3. The smallest absolute Gasteiger partial charge is 0.338 e. The van der Waals surface area contributed by atoms with E-state index in [9.17, 15) is 14.9 Å². The van der Waals surface area contributed by atoms with Crippen LogP contribution in [0.2, 0.25) is 0 Å². The third kappa shape index (κ3) is 3.33. The first-order valence-electron chi connectivity index (χ1n) is 6.20. The molecule has 0 unspecified atom stereocenters. The molecule has 2 rings (SSSR count). The number of hydrogen-bond acceptors (Lipinski definition) is 4. The molecule has 0 saturated heterocycles. The minimum absolute atomic E-state index is 0.0658. The van der Waals surface area contributed by atoms with Crippen molar-refractivity contribution in [2.45, 2.75) is 6.92 Å². The molecule has 0 aliphatic carbocycles. The minimum Gasteiger partial charge on any atom is -0.423 e. The molecular formula is C16H13NO4. The van der Waals surface area contributed by atoms with Crippen molar-refractivity contribution in [2.24, 2.45) is 0 Å². The number of nitro groups is 1. The highest BCUT2D eigenvalue weighted by molar-refractivity contribution is 5.90. The van der Waals surface area contributed by atoms with Gasteiger partial charge in [-0.25, -0.2) is 4.79 Å². The van der Waals surface area contributed by atoms with Gasteiger partial charge in [0, 0.05) is 23.3 Å². The molecule has 2 aromatic carbocycles. The Bertz CT molecular complexity index is 707. The third-order valence-corrected chi connectivity index (χ3v) is 2.81. The SMILES string of the molecule is C=C(C)C(=O)Oc1ccc([N+](=O)[O-])cc1-c1ccccc1. The normalized spacial score (nSPS) is 9.95. The van der Waals surface area contributed by atoms with Gasteiger partial charge in [-0.1, -0.05) is 36.9 Å². The number of hydrogen-bond donors (Lipinski definition) is 0. The molecule has 0 radical (unpaired) electrons. The molecule has 5 heteroatoms. The molecule has 21 heavy (non-hydrogen) atoms. The lowest BCUT2D eigenvalue weighted by Crippen LogP contribution is -2.09. The maximum Gasteiger partial charge on any atom is 0.338 e. The van der Waals surface area contributed by atoms with Crippen molar-refractivity contribution in [3.63, 3.8) is 0 Å². The molecule has 0 fully saturated rings. The molecule has 0 aliphatic rings. The van der Waals surface area contributed by atoms with Crippen molar-refractivity contribution in [1.29, 1.82) is 0 Å². The highest BCUT2D eigenvalue weighted by Gasteiger charge is 2.16. The summed E-state index contributed by atoms with van der Waals surface area (Å²) in [5, 5.41) is 10.9. The fraction of sp³-hybridized carbons (Fsp3) is 0.0625. The molecule has 5 nitrogen and oxygen atoms in total. The van der Waals surface area contributed by atoms with Gasteiger partial charge in [0.05, 0.1) is 4.92 Å². The van der Waals surface area contributed by atoms with Gasteiger partial charge in [-0.05, 0) is 18.6 Å². The van der Waals surface area contributed by atoms with Gasteiger partial charge in [0.1, 0.15) is 5.75 Å². The van der Waals surface area contributed by atoms with Gasteiger partial charge >= 0.3 is 5.97 Å². The van der Waals surface area contributed by atoms with Crippen LogP contribution in [-0.2, 0) is 4.79 Å². The van der Waals surface area contributed by atoms with E-state index in [0.717, 1.165) is 5.56 Å². The molecule has 0 aromatic heterocycles. The van der Waals surface area contributed by atoms with Crippen LogP contribution in [-0.4, -0.2) is 10.9 Å². The van der Waals surface area contributed by atoms with Gasteiger partial charge < -0.3 is 4.74 Å². The van der Waals surface area contributed by atoms with Crippen molar-refractivity contribution in [3.05, 3.63) is 70.8 Å². The van der Waals surface area contributed by atoms with Gasteiger partial charge in [-0.2, -0.15) is 0 Å². The Morgan fingerprint density at radius 2 is 1.86 bits per heavy atom. The number of rotatable bonds is 4. The molecule has 0 N–H and O–H groups in total. The molecule has 0 bridgehead atoms. The summed E-state index contributed by atoms with van der Waals surface area (Å²) in [5.74, 6) is -0.305. The summed E-state index contributed by atoms with van der Waals surface area (Å²) in [6.45, 7) is 5.05. The lowest BCUT2D eigenvalue weighted by molar-refractivity contribution is -0.384. The molecule has 2 aromatic rings. The van der Waals surface area contributed by atoms with Crippen LogP contribution in [0.1, 0.15) is 6.92 Å². The summed E-state index contributed by atoms with van der Waals surface area (Å²) in [7, 11) is 0. The highest BCUT2D eigenvalue weighted by Crippen LogP contribution is 2.33. The molecule has 0 spiro atoms. The van der Waals surface area contributed by atoms with Crippen LogP contribution in [0, 0.1) is 10.1 Å². The summed E-state index contributed by atoms with van der Waals surface area (Å²) in [6.07, 6.45) is 0. The first-order chi connectivity index (χ1) is 9.99. The summed E-state index contributed by atoms with van der Waals surface area (Å²) < 4.78 is 5.24. The van der Waals surface area contributed by atoms with Crippen molar-refractivity contribution < 1.29 is 14.5 Å². The molecule has 106 valence electrons. The second-order valence-corrected chi connectivity index (χ2v) is 4.47. The van der Waals surface area contributed by atoms with Crippen molar-refractivity contribution in [1.82, 2.24) is 0 Å². The number of ether oxygens (including phenoxy) is 1. The van der Waals surface area contributed by atoms with Crippen LogP contribution in [0.5, 0.6) is 5.75 Å². The van der Waals surface area contributed by atoms with E-state index >= 15 is 0 Å². The summed E-state index contributed by atoms with van der Waals surface area (Å²) in [6, 6.07) is 13.1. The maximum absolute atomic E-state index is 11.7. The second-order valence-electron chi connectivity index (χ2n) is 4.47. The van der Waals surface area contributed by atoms with Crippen LogP contribution < -0.4 is 4.74 Å². The number of benzene rings is 2. The Balaban J connectivity index is 2.52. The summed E-state index contributed by atoms with van der Waals surface area (Å²) in [4.78, 5) is 22.1. The lowest BCUT2D eigenvalue weighted by atomic mass is 10.0. The quantitative estimate of drug-likeness (QED) is 0.282. The van der Waals surface area contributed by atoms with Gasteiger partial charge in [0.25, 0.3) is 5.69 Å². The maximum atomic E-state index is 11.7. The fourth-order valence-corrected chi connectivity index (χ4v) is 1.75. The largest absolute Gasteiger partial charge is 0.423 e. The fourth-order valence-electron chi connectivity index (χ4n) is 1.75. The molecule has 0 atom stereocenters. The van der Waals surface area contributed by atoms with E-state index in [1.807, 2.05) is 6.07 Å². The number of nitro benzene ring substituents is 1. The van der Waals surface area contributed by atoms with E-state index in [-0.39, 0.29) is 17.0 Å². The number of carbonyl (C=O) groups is 1. The summed E-state index contributed by atoms with van der Waals surface area (Å²) >= 11 is 0. The zero-order valence-corrected chi connectivity index (χ0v) is 11.4. The molecule has 0 aliphatic heterocycles. The number of nitrogens with zero attached hydrogens (tertiary/aromatic N) is 1. The zero-order chi connectivity index (χ0) is 15.4. The Hall–Kier alpha value is -2.95. The Morgan fingerprint density at radius 1 is 1.19 bits per heavy atom. The zero-order valence-electron chi connectivity index (χ0n) is 11.4. The van der Waals surface area contributed by atoms with E-state index in [2.05, 4.69) is 6.58 Å². The van der Waals surface area contributed by atoms with Gasteiger partial charge in [0.2, 0.25) is 0 Å². The molecule has 0 heterocycles. The van der Waals surface area contributed by atoms with Crippen LogP contribution in [0.25, 0.3) is 11.1 Å². The molecular weight excluding hydrogens is 270 g/mol. The van der Waals surface area contributed by atoms with E-state index in [1.54, 1.807) is 24.3 Å². The van der Waals surface area contributed by atoms with Crippen molar-refractivity contribution in [3.8, 4) is 16.9 Å². The predicted octanol–water partition coefficient (Wildman–Crippen LogP) is 3.74. The molecule has 0 saturated carbocycles. The van der Waals surface area contributed by atoms with Crippen molar-refractivity contribution >= 4 is 11.7 Å². The second kappa shape index (κ2) is 6.00. The average molecular weight is 283 g/mol. The minimum atomic E-state index is -0.568. The highest BCUT2D eigenvalue weighted by atomic mass is 16.6. The monoisotopic (exact) mass is 283 g/mol. The average Bonchev–Trinajstić information content (AvgIpc) is 2.48. The van der Waals surface area contributed by atoms with Gasteiger partial charge in [0.15, 0.2) is 0 Å². The number of non-ortho nitro benzene ring substituents is 1. The van der Waals surface area contributed by atoms with E-state index in [4.69, 9.17) is 4.74 Å². The number of esters is 1. The van der Waals surface area contributed by atoms with E-state index in [0.29, 0.717) is 5.56 Å². The first kappa shape index (κ1) is 14.5. The first-order valence-corrected chi connectivity index (χ1v) is 6.20. The number of carbonyl (C=O) groups excluding carboxylic acids is 1. The third-order valence-electron chi connectivity index (χ3n) is 2.81. The molecule has 0 amide bonds. The van der Waals surface area contributed by atoms with Crippen LogP contribution in [0.3, 0.4) is 0 Å². The van der Waals surface area contributed by atoms with E-state index in [1.165, 1.54) is 25.1 Å². The Labute approximate surface area is 121 Å². The topological polar surface area (TPSA) is 69.4 Å². The van der Waals surface area contributed by atoms with Crippen LogP contribution in [0.4, 0.5) is 5.69 Å². The van der Waals surface area contributed by atoms with Gasteiger partial charge in [-0.15, -0.1) is 0 Å². The van der Waals surface area contributed by atoms with Crippen LogP contribution in [0.15, 0.2) is 60.7 Å².